The fourth-order valence-electron chi connectivity index (χ4n) is 5.54. The molecule has 1 amide bonds. The molecule has 2 aliphatic rings. The van der Waals surface area contributed by atoms with Gasteiger partial charge < -0.3 is 14.2 Å². The second-order valence-corrected chi connectivity index (χ2v) is 12.4. The summed E-state index contributed by atoms with van der Waals surface area (Å²) in [5.74, 6) is 0.0873. The van der Waals surface area contributed by atoms with E-state index >= 15 is 0 Å². The molecule has 39 heavy (non-hydrogen) atoms. The van der Waals surface area contributed by atoms with Gasteiger partial charge in [-0.15, -0.1) is 0 Å². The van der Waals surface area contributed by atoms with Crippen LogP contribution in [0.5, 0.6) is 0 Å². The minimum absolute atomic E-state index is 0.0430. The molecule has 0 N–H and O–H groups in total. The van der Waals surface area contributed by atoms with Crippen molar-refractivity contribution in [2.75, 3.05) is 39.4 Å². The topological polar surface area (TPSA) is 84.7 Å². The van der Waals surface area contributed by atoms with E-state index in [2.05, 4.69) is 9.88 Å². The Bertz CT molecular complexity index is 1320. The Morgan fingerprint density at radius 1 is 0.949 bits per heavy atom. The number of ether oxygens (including phenoxy) is 1. The van der Waals surface area contributed by atoms with Crippen molar-refractivity contribution in [3.63, 3.8) is 0 Å². The average Bonchev–Trinajstić information content (AvgIpc) is 3.63. The molecule has 8 nitrogen and oxygen atoms in total. The first-order valence-electron chi connectivity index (χ1n) is 13.9. The van der Waals surface area contributed by atoms with E-state index in [1.807, 2.05) is 65.6 Å². The molecule has 3 aromatic rings. The number of sulfone groups is 1. The number of aromatic nitrogens is 2. The number of nitrogens with zero attached hydrogens (tertiary/aromatic N) is 4. The van der Waals surface area contributed by atoms with Gasteiger partial charge in [-0.1, -0.05) is 73.5 Å². The summed E-state index contributed by atoms with van der Waals surface area (Å²) in [6.45, 7) is 5.21. The maximum absolute atomic E-state index is 13.7. The number of morpholine rings is 1. The number of hydrogen-bond acceptors (Lipinski definition) is 6. The van der Waals surface area contributed by atoms with Gasteiger partial charge in [0.25, 0.3) is 0 Å². The lowest BCUT2D eigenvalue weighted by Gasteiger charge is -2.31. The number of imidazole rings is 1. The van der Waals surface area contributed by atoms with Crippen molar-refractivity contribution in [1.82, 2.24) is 19.4 Å². The number of amides is 1. The maximum atomic E-state index is 13.7. The van der Waals surface area contributed by atoms with E-state index in [9.17, 15) is 13.2 Å². The monoisotopic (exact) mass is 550 g/mol. The van der Waals surface area contributed by atoms with Crippen molar-refractivity contribution in [2.45, 2.75) is 49.7 Å². The van der Waals surface area contributed by atoms with Crippen LogP contribution in [0.25, 0.3) is 0 Å². The number of carbonyl (C=O) groups is 1. The van der Waals surface area contributed by atoms with Crippen LogP contribution < -0.4 is 0 Å². The summed E-state index contributed by atoms with van der Waals surface area (Å²) in [7, 11) is -3.72. The van der Waals surface area contributed by atoms with Gasteiger partial charge in [0.15, 0.2) is 0 Å². The highest BCUT2D eigenvalue weighted by molar-refractivity contribution is 7.90. The Labute approximate surface area is 231 Å². The van der Waals surface area contributed by atoms with Gasteiger partial charge in [-0.05, 0) is 24.0 Å². The Morgan fingerprint density at radius 2 is 1.59 bits per heavy atom. The second kappa shape index (κ2) is 12.9. The summed E-state index contributed by atoms with van der Waals surface area (Å²) in [6.07, 6.45) is 5.66. The lowest BCUT2D eigenvalue weighted by atomic mass is 10.1. The lowest BCUT2D eigenvalue weighted by molar-refractivity contribution is -0.136. The summed E-state index contributed by atoms with van der Waals surface area (Å²) < 4.78 is 34.5. The van der Waals surface area contributed by atoms with E-state index in [0.717, 1.165) is 62.1 Å². The van der Waals surface area contributed by atoms with Gasteiger partial charge in [0.05, 0.1) is 43.9 Å². The van der Waals surface area contributed by atoms with E-state index in [1.165, 1.54) is 0 Å². The van der Waals surface area contributed by atoms with Gasteiger partial charge in [-0.25, -0.2) is 13.4 Å². The van der Waals surface area contributed by atoms with Gasteiger partial charge in [0, 0.05) is 32.1 Å². The van der Waals surface area contributed by atoms with Gasteiger partial charge >= 0.3 is 0 Å². The highest BCUT2D eigenvalue weighted by atomic mass is 32.2. The standard InChI is InChI=1S/C30H38N4O4S/c35-29(27-13-7-8-14-27)33(16-15-32-17-19-38-20-18-32)23-28-21-31-30(34(28)22-25-9-3-1-4-10-25)39(36,37)24-26-11-5-2-6-12-26/h1-6,9-12,21,27H,7-8,13-20,22-24H2. The summed E-state index contributed by atoms with van der Waals surface area (Å²) in [5, 5.41) is 0.0478. The van der Waals surface area contributed by atoms with Crippen LogP contribution >= 0.6 is 0 Å². The van der Waals surface area contributed by atoms with E-state index in [1.54, 1.807) is 10.8 Å². The summed E-state index contributed by atoms with van der Waals surface area (Å²) in [5.41, 5.74) is 2.44. The zero-order chi connectivity index (χ0) is 27.1. The number of rotatable bonds is 11. The van der Waals surface area contributed by atoms with Crippen LogP contribution in [0.15, 0.2) is 72.0 Å². The maximum Gasteiger partial charge on any atom is 0.228 e. The third kappa shape index (κ3) is 7.15. The molecule has 1 saturated carbocycles. The fraction of sp³-hybridized carbons (Fsp3) is 0.467. The fourth-order valence-corrected chi connectivity index (χ4v) is 7.03. The number of hydrogen-bond donors (Lipinski definition) is 0. The molecule has 208 valence electrons. The molecule has 2 aromatic carbocycles. The molecule has 1 saturated heterocycles. The van der Waals surface area contributed by atoms with Gasteiger partial charge in [0.2, 0.25) is 20.9 Å². The molecule has 2 heterocycles. The Morgan fingerprint density at radius 3 is 2.26 bits per heavy atom. The quantitative estimate of drug-likeness (QED) is 0.362. The number of carbonyl (C=O) groups excluding carboxylic acids is 1. The van der Waals surface area contributed by atoms with Gasteiger partial charge in [-0.2, -0.15) is 0 Å². The third-order valence-electron chi connectivity index (χ3n) is 7.72. The molecule has 0 radical (unpaired) electrons. The highest BCUT2D eigenvalue weighted by Gasteiger charge is 2.30. The predicted octanol–water partition coefficient (Wildman–Crippen LogP) is 3.76. The SMILES string of the molecule is O=C(C1CCCC1)N(CCN1CCOCC1)Cc1cnc(S(=O)(=O)Cc2ccccc2)n1Cc1ccccc1. The molecule has 1 aromatic heterocycles. The van der Waals surface area contributed by atoms with Crippen molar-refractivity contribution in [2.24, 2.45) is 5.92 Å². The molecule has 2 fully saturated rings. The minimum Gasteiger partial charge on any atom is -0.379 e. The zero-order valence-corrected chi connectivity index (χ0v) is 23.3. The molecule has 5 rings (SSSR count). The Hall–Kier alpha value is -3.01. The minimum atomic E-state index is -3.72. The molecule has 0 atom stereocenters. The van der Waals surface area contributed by atoms with E-state index in [-0.39, 0.29) is 22.7 Å². The van der Waals surface area contributed by atoms with Gasteiger partial charge in [0.1, 0.15) is 0 Å². The molecule has 0 unspecified atom stereocenters. The van der Waals surface area contributed by atoms with Crippen molar-refractivity contribution >= 4 is 15.7 Å². The van der Waals surface area contributed by atoms with Crippen LogP contribution in [0.3, 0.4) is 0 Å². The second-order valence-electron chi connectivity index (χ2n) is 10.5. The van der Waals surface area contributed by atoms with Crippen molar-refractivity contribution < 1.29 is 17.9 Å². The Balaban J connectivity index is 1.44. The predicted molar refractivity (Wildman–Crippen MR) is 150 cm³/mol. The smallest absolute Gasteiger partial charge is 0.228 e. The lowest BCUT2D eigenvalue weighted by Crippen LogP contribution is -2.44. The molecule has 1 aliphatic heterocycles. The van der Waals surface area contributed by atoms with E-state index in [4.69, 9.17) is 4.74 Å². The Kier molecular flexibility index (Phi) is 9.11. The van der Waals surface area contributed by atoms with E-state index < -0.39 is 9.84 Å². The third-order valence-corrected chi connectivity index (χ3v) is 9.32. The van der Waals surface area contributed by atoms with Crippen LogP contribution in [0.1, 0.15) is 42.5 Å². The summed E-state index contributed by atoms with van der Waals surface area (Å²) >= 11 is 0. The summed E-state index contributed by atoms with van der Waals surface area (Å²) in [6, 6.07) is 19.0. The van der Waals surface area contributed by atoms with Crippen LogP contribution in [-0.4, -0.2) is 73.1 Å². The first kappa shape index (κ1) is 27.6. The first-order valence-corrected chi connectivity index (χ1v) is 15.6. The average molecular weight is 551 g/mol. The summed E-state index contributed by atoms with van der Waals surface area (Å²) in [4.78, 5) is 22.4. The molecular weight excluding hydrogens is 512 g/mol. The molecule has 1 aliphatic carbocycles. The highest BCUT2D eigenvalue weighted by Crippen LogP contribution is 2.28. The molecule has 0 bridgehead atoms. The number of benzene rings is 2. The van der Waals surface area contributed by atoms with Crippen LogP contribution in [0, 0.1) is 5.92 Å². The largest absolute Gasteiger partial charge is 0.379 e. The first-order chi connectivity index (χ1) is 19.0. The van der Waals surface area contributed by atoms with Crippen molar-refractivity contribution in [1.29, 1.82) is 0 Å². The van der Waals surface area contributed by atoms with Crippen LogP contribution in [0.2, 0.25) is 0 Å². The van der Waals surface area contributed by atoms with Crippen LogP contribution in [0.4, 0.5) is 0 Å². The zero-order valence-electron chi connectivity index (χ0n) is 22.5. The van der Waals surface area contributed by atoms with Crippen LogP contribution in [-0.2, 0) is 38.2 Å². The van der Waals surface area contributed by atoms with Gasteiger partial charge in [-0.3, -0.25) is 9.69 Å². The molecular formula is C30H38N4O4S. The normalized spacial score (nSPS) is 16.9. The van der Waals surface area contributed by atoms with Crippen molar-refractivity contribution in [3.05, 3.63) is 83.7 Å². The molecule has 0 spiro atoms. The van der Waals surface area contributed by atoms with E-state index in [0.29, 0.717) is 32.8 Å². The van der Waals surface area contributed by atoms with Crippen molar-refractivity contribution in [3.8, 4) is 0 Å². The molecule has 9 heteroatoms.